The quantitative estimate of drug-likeness (QED) is 0.937. The van der Waals surface area contributed by atoms with Crippen LogP contribution in [0.2, 0.25) is 0 Å². The van der Waals surface area contributed by atoms with Gasteiger partial charge in [0.1, 0.15) is 5.82 Å². The summed E-state index contributed by atoms with van der Waals surface area (Å²) >= 11 is 0. The number of hydrogen-bond acceptors (Lipinski definition) is 5. The number of nitrogens with two attached hydrogens (primary N) is 1. The summed E-state index contributed by atoms with van der Waals surface area (Å²) in [6, 6.07) is 6.22. The third-order valence-electron chi connectivity index (χ3n) is 4.02. The van der Waals surface area contributed by atoms with Gasteiger partial charge in [-0.25, -0.2) is 4.39 Å². The van der Waals surface area contributed by atoms with Crippen molar-refractivity contribution in [3.05, 3.63) is 35.9 Å². The molecule has 2 unspecified atom stereocenters. The Morgan fingerprint density at radius 2 is 2.14 bits per heavy atom. The molecule has 0 saturated carbocycles. The fourth-order valence-corrected chi connectivity index (χ4v) is 2.54. The number of nitrogens with zero attached hydrogens (tertiary/aromatic N) is 3. The molecular formula is C15H19FN4O. The van der Waals surface area contributed by atoms with Crippen LogP contribution in [0.25, 0.3) is 11.5 Å². The van der Waals surface area contributed by atoms with E-state index in [1.807, 2.05) is 0 Å². The molecule has 6 heteroatoms. The van der Waals surface area contributed by atoms with E-state index in [0.29, 0.717) is 24.2 Å². The molecule has 3 rings (SSSR count). The summed E-state index contributed by atoms with van der Waals surface area (Å²) in [5, 5.41) is 3.99. The van der Waals surface area contributed by atoms with Gasteiger partial charge in [-0.1, -0.05) is 12.1 Å². The number of piperidine rings is 1. The van der Waals surface area contributed by atoms with Crippen molar-refractivity contribution in [3.8, 4) is 11.5 Å². The van der Waals surface area contributed by atoms with Gasteiger partial charge in [-0.3, -0.25) is 4.90 Å². The van der Waals surface area contributed by atoms with E-state index in [9.17, 15) is 4.39 Å². The Morgan fingerprint density at radius 1 is 1.38 bits per heavy atom. The highest BCUT2D eigenvalue weighted by Gasteiger charge is 2.24. The Morgan fingerprint density at radius 3 is 2.86 bits per heavy atom. The van der Waals surface area contributed by atoms with Crippen LogP contribution in [0.4, 0.5) is 4.39 Å². The Labute approximate surface area is 122 Å². The second-order valence-electron chi connectivity index (χ2n) is 5.69. The molecule has 5 nitrogen and oxygen atoms in total. The third-order valence-corrected chi connectivity index (χ3v) is 4.02. The summed E-state index contributed by atoms with van der Waals surface area (Å²) in [6.45, 7) is 4.66. The van der Waals surface area contributed by atoms with Gasteiger partial charge in [-0.2, -0.15) is 4.98 Å². The SMILES string of the molecule is CC1CCN(Cc2noc(-c3ccc(F)cc3)n2)CC1N. The summed E-state index contributed by atoms with van der Waals surface area (Å²) < 4.78 is 18.1. The molecule has 1 aromatic heterocycles. The Bertz CT molecular complexity index is 598. The van der Waals surface area contributed by atoms with Crippen molar-refractivity contribution in [3.63, 3.8) is 0 Å². The molecule has 1 saturated heterocycles. The highest BCUT2D eigenvalue weighted by molar-refractivity contribution is 5.52. The van der Waals surface area contributed by atoms with Gasteiger partial charge in [-0.05, 0) is 43.1 Å². The number of hydrogen-bond donors (Lipinski definition) is 1. The molecule has 2 aromatic rings. The van der Waals surface area contributed by atoms with Crippen LogP contribution in [0.5, 0.6) is 0 Å². The molecule has 1 aromatic carbocycles. The Kier molecular flexibility index (Phi) is 3.98. The number of rotatable bonds is 3. The van der Waals surface area contributed by atoms with Gasteiger partial charge in [0.25, 0.3) is 5.89 Å². The van der Waals surface area contributed by atoms with Crippen LogP contribution in [0.1, 0.15) is 19.2 Å². The zero-order valence-electron chi connectivity index (χ0n) is 12.0. The van der Waals surface area contributed by atoms with Crippen LogP contribution in [-0.4, -0.2) is 34.2 Å². The van der Waals surface area contributed by atoms with Gasteiger partial charge in [0, 0.05) is 18.2 Å². The van der Waals surface area contributed by atoms with Gasteiger partial charge in [0.2, 0.25) is 0 Å². The molecule has 0 radical (unpaired) electrons. The summed E-state index contributed by atoms with van der Waals surface area (Å²) in [5.74, 6) is 1.33. The summed E-state index contributed by atoms with van der Waals surface area (Å²) in [4.78, 5) is 6.61. The lowest BCUT2D eigenvalue weighted by atomic mass is 9.94. The summed E-state index contributed by atoms with van der Waals surface area (Å²) in [5.41, 5.74) is 6.81. The van der Waals surface area contributed by atoms with E-state index >= 15 is 0 Å². The van der Waals surface area contributed by atoms with E-state index in [0.717, 1.165) is 25.1 Å². The topological polar surface area (TPSA) is 68.2 Å². The van der Waals surface area contributed by atoms with E-state index in [4.69, 9.17) is 10.3 Å². The van der Waals surface area contributed by atoms with Crippen LogP contribution in [-0.2, 0) is 6.54 Å². The van der Waals surface area contributed by atoms with E-state index in [2.05, 4.69) is 22.0 Å². The molecule has 0 spiro atoms. The average Bonchev–Trinajstić information content (AvgIpc) is 2.92. The molecule has 0 aliphatic carbocycles. The van der Waals surface area contributed by atoms with Crippen LogP contribution in [0, 0.1) is 11.7 Å². The largest absolute Gasteiger partial charge is 0.334 e. The molecule has 0 bridgehead atoms. The molecule has 1 aliphatic heterocycles. The van der Waals surface area contributed by atoms with E-state index in [-0.39, 0.29) is 11.9 Å². The van der Waals surface area contributed by atoms with Gasteiger partial charge in [0.05, 0.1) is 6.54 Å². The summed E-state index contributed by atoms with van der Waals surface area (Å²) in [6.07, 6.45) is 1.09. The highest BCUT2D eigenvalue weighted by atomic mass is 19.1. The first-order valence-electron chi connectivity index (χ1n) is 7.18. The number of likely N-dealkylation sites (tertiary alicyclic amines) is 1. The van der Waals surface area contributed by atoms with Gasteiger partial charge < -0.3 is 10.3 Å². The van der Waals surface area contributed by atoms with Crippen molar-refractivity contribution < 1.29 is 8.91 Å². The highest BCUT2D eigenvalue weighted by Crippen LogP contribution is 2.20. The van der Waals surface area contributed by atoms with Gasteiger partial charge in [0.15, 0.2) is 5.82 Å². The molecule has 1 aliphatic rings. The normalized spacial score (nSPS) is 23.4. The molecule has 0 amide bonds. The Balaban J connectivity index is 1.66. The molecule has 2 atom stereocenters. The van der Waals surface area contributed by atoms with E-state index in [1.54, 1.807) is 12.1 Å². The maximum atomic E-state index is 12.9. The lowest BCUT2D eigenvalue weighted by molar-refractivity contribution is 0.157. The average molecular weight is 290 g/mol. The van der Waals surface area contributed by atoms with Gasteiger partial charge in [-0.15, -0.1) is 0 Å². The van der Waals surface area contributed by atoms with Crippen molar-refractivity contribution in [1.29, 1.82) is 0 Å². The van der Waals surface area contributed by atoms with E-state index in [1.165, 1.54) is 12.1 Å². The van der Waals surface area contributed by atoms with Crippen molar-refractivity contribution >= 4 is 0 Å². The van der Waals surface area contributed by atoms with Crippen LogP contribution < -0.4 is 5.73 Å². The third kappa shape index (κ3) is 3.28. The first-order chi connectivity index (χ1) is 10.1. The standard InChI is InChI=1S/C15H19FN4O/c1-10-6-7-20(8-13(10)17)9-14-18-15(21-19-14)11-2-4-12(16)5-3-11/h2-5,10,13H,6-9,17H2,1H3. The smallest absolute Gasteiger partial charge is 0.257 e. The number of aromatic nitrogens is 2. The minimum absolute atomic E-state index is 0.196. The van der Waals surface area contributed by atoms with Crippen molar-refractivity contribution in [2.75, 3.05) is 13.1 Å². The second-order valence-corrected chi connectivity index (χ2v) is 5.69. The Hall–Kier alpha value is -1.79. The predicted molar refractivity (Wildman–Crippen MR) is 76.7 cm³/mol. The molecule has 1 fully saturated rings. The zero-order valence-corrected chi connectivity index (χ0v) is 12.0. The molecule has 2 N–H and O–H groups in total. The predicted octanol–water partition coefficient (Wildman–Crippen LogP) is 2.04. The summed E-state index contributed by atoms with van der Waals surface area (Å²) in [7, 11) is 0. The number of halogens is 1. The van der Waals surface area contributed by atoms with Crippen molar-refractivity contribution in [2.24, 2.45) is 11.7 Å². The second kappa shape index (κ2) is 5.91. The lowest BCUT2D eigenvalue weighted by Gasteiger charge is -2.34. The van der Waals surface area contributed by atoms with Crippen molar-refractivity contribution in [2.45, 2.75) is 25.9 Å². The van der Waals surface area contributed by atoms with Gasteiger partial charge >= 0.3 is 0 Å². The maximum absolute atomic E-state index is 12.9. The molecular weight excluding hydrogens is 271 g/mol. The minimum Gasteiger partial charge on any atom is -0.334 e. The first kappa shape index (κ1) is 14.2. The van der Waals surface area contributed by atoms with Crippen molar-refractivity contribution in [1.82, 2.24) is 15.0 Å². The van der Waals surface area contributed by atoms with E-state index < -0.39 is 0 Å². The lowest BCUT2D eigenvalue weighted by Crippen LogP contribution is -2.47. The van der Waals surface area contributed by atoms with Crippen LogP contribution in [0.3, 0.4) is 0 Å². The fourth-order valence-electron chi connectivity index (χ4n) is 2.54. The van der Waals surface area contributed by atoms with Crippen LogP contribution in [0.15, 0.2) is 28.8 Å². The van der Waals surface area contributed by atoms with Crippen LogP contribution >= 0.6 is 0 Å². The minimum atomic E-state index is -0.282. The molecule has 21 heavy (non-hydrogen) atoms. The molecule has 112 valence electrons. The zero-order chi connectivity index (χ0) is 14.8. The maximum Gasteiger partial charge on any atom is 0.257 e. The fraction of sp³-hybridized carbons (Fsp3) is 0.467. The number of benzene rings is 1. The first-order valence-corrected chi connectivity index (χ1v) is 7.18. The monoisotopic (exact) mass is 290 g/mol. The molecule has 2 heterocycles.